The number of benzene rings is 1. The molecule has 1 aliphatic carbocycles. The van der Waals surface area contributed by atoms with Crippen molar-refractivity contribution in [2.45, 2.75) is 19.4 Å². The first-order valence-electron chi connectivity index (χ1n) is 10.6. The summed E-state index contributed by atoms with van der Waals surface area (Å²) in [7, 11) is 0. The van der Waals surface area contributed by atoms with E-state index in [1.54, 1.807) is 6.20 Å². The van der Waals surface area contributed by atoms with Crippen molar-refractivity contribution in [2.75, 3.05) is 17.2 Å². The molecular weight excluding hydrogens is 422 g/mol. The molecule has 0 radical (unpaired) electrons. The van der Waals surface area contributed by atoms with Crippen LogP contribution in [0.5, 0.6) is 0 Å². The molecule has 2 N–H and O–H groups in total. The first kappa shape index (κ1) is 20.3. The molecule has 160 valence electrons. The Hall–Kier alpha value is -3.58. The number of aliphatic imine (C=N–C) groups is 1. The third kappa shape index (κ3) is 5.36. The molecule has 1 aliphatic heterocycles. The van der Waals surface area contributed by atoms with Crippen molar-refractivity contribution < 1.29 is 0 Å². The van der Waals surface area contributed by atoms with E-state index in [1.165, 1.54) is 18.4 Å². The second-order valence-electron chi connectivity index (χ2n) is 7.76. The molecule has 1 saturated carbocycles. The van der Waals surface area contributed by atoms with E-state index in [9.17, 15) is 0 Å². The van der Waals surface area contributed by atoms with Crippen LogP contribution < -0.4 is 10.6 Å². The Labute approximate surface area is 191 Å². The van der Waals surface area contributed by atoms with Crippen molar-refractivity contribution in [3.8, 4) is 0 Å². The van der Waals surface area contributed by atoms with Crippen LogP contribution in [0.15, 0.2) is 65.4 Å². The lowest BCUT2D eigenvalue weighted by molar-refractivity contribution is 0.959. The molecule has 0 atom stereocenters. The van der Waals surface area contributed by atoms with Gasteiger partial charge in [0.25, 0.3) is 0 Å². The molecule has 32 heavy (non-hydrogen) atoms. The summed E-state index contributed by atoms with van der Waals surface area (Å²) >= 11 is 6.09. The van der Waals surface area contributed by atoms with E-state index in [1.807, 2.05) is 54.7 Å². The van der Waals surface area contributed by atoms with Gasteiger partial charge in [0.1, 0.15) is 5.84 Å². The van der Waals surface area contributed by atoms with Crippen molar-refractivity contribution >= 4 is 41.5 Å². The number of rotatable bonds is 7. The Balaban J connectivity index is 1.37. The van der Waals surface area contributed by atoms with E-state index in [4.69, 9.17) is 11.6 Å². The summed E-state index contributed by atoms with van der Waals surface area (Å²) in [5.74, 6) is 2.94. The number of hydrogen-bond acceptors (Lipinski definition) is 7. The van der Waals surface area contributed by atoms with Crippen LogP contribution in [0.2, 0.25) is 5.02 Å². The van der Waals surface area contributed by atoms with Gasteiger partial charge in [-0.3, -0.25) is 9.98 Å². The van der Waals surface area contributed by atoms with Gasteiger partial charge in [-0.1, -0.05) is 35.9 Å². The van der Waals surface area contributed by atoms with Gasteiger partial charge in [0, 0.05) is 24.0 Å². The van der Waals surface area contributed by atoms with Gasteiger partial charge >= 0.3 is 0 Å². The first-order chi connectivity index (χ1) is 15.7. The number of amidine groups is 1. The van der Waals surface area contributed by atoms with Gasteiger partial charge < -0.3 is 10.6 Å². The highest BCUT2D eigenvalue weighted by Crippen LogP contribution is 2.37. The number of pyridine rings is 1. The molecule has 0 bridgehead atoms. The van der Waals surface area contributed by atoms with Gasteiger partial charge in [-0.25, -0.2) is 0 Å². The van der Waals surface area contributed by atoms with E-state index in [-0.39, 0.29) is 0 Å². The van der Waals surface area contributed by atoms with E-state index in [0.29, 0.717) is 35.2 Å². The first-order valence-corrected chi connectivity index (χ1v) is 10.9. The molecule has 0 spiro atoms. The third-order valence-corrected chi connectivity index (χ3v) is 5.43. The maximum atomic E-state index is 6.09. The minimum Gasteiger partial charge on any atom is -0.350 e. The third-order valence-electron chi connectivity index (χ3n) is 5.20. The molecule has 1 aromatic carbocycles. The van der Waals surface area contributed by atoms with Gasteiger partial charge in [0.05, 0.1) is 6.54 Å². The van der Waals surface area contributed by atoms with Crippen molar-refractivity contribution in [2.24, 2.45) is 10.9 Å². The van der Waals surface area contributed by atoms with Gasteiger partial charge in [0.2, 0.25) is 11.9 Å². The average molecular weight is 444 g/mol. The summed E-state index contributed by atoms with van der Waals surface area (Å²) in [5, 5.41) is 7.18. The van der Waals surface area contributed by atoms with Gasteiger partial charge in [-0.2, -0.15) is 15.0 Å². The average Bonchev–Trinajstić information content (AvgIpc) is 3.56. The van der Waals surface area contributed by atoms with E-state index in [0.717, 1.165) is 23.5 Å². The minimum absolute atomic E-state index is 0.450. The van der Waals surface area contributed by atoms with Crippen molar-refractivity contribution in [1.29, 1.82) is 0 Å². The molecule has 8 heteroatoms. The zero-order chi connectivity index (χ0) is 21.8. The lowest BCUT2D eigenvalue weighted by Crippen LogP contribution is -2.14. The second kappa shape index (κ2) is 9.28. The number of hydrogen-bond donors (Lipinski definition) is 2. The zero-order valence-corrected chi connectivity index (χ0v) is 18.1. The van der Waals surface area contributed by atoms with Crippen LogP contribution in [0, 0.1) is 5.92 Å². The molecule has 0 amide bonds. The highest BCUT2D eigenvalue weighted by Gasteiger charge is 2.28. The van der Waals surface area contributed by atoms with Crippen LogP contribution in [0.25, 0.3) is 12.2 Å². The highest BCUT2D eigenvalue weighted by atomic mass is 35.5. The molecule has 2 aromatic heterocycles. The van der Waals surface area contributed by atoms with Crippen LogP contribution >= 0.6 is 11.6 Å². The molecule has 2 aliphatic rings. The predicted molar refractivity (Wildman–Crippen MR) is 129 cm³/mol. The van der Waals surface area contributed by atoms with Gasteiger partial charge in [-0.15, -0.1) is 0 Å². The lowest BCUT2D eigenvalue weighted by Gasteiger charge is -2.08. The zero-order valence-electron chi connectivity index (χ0n) is 17.4. The number of nitrogens with zero attached hydrogens (tertiary/aromatic N) is 5. The largest absolute Gasteiger partial charge is 0.350 e. The molecule has 3 heterocycles. The number of halogens is 1. The molecule has 5 rings (SSSR count). The normalized spacial score (nSPS) is 15.5. The minimum atomic E-state index is 0.450. The SMILES string of the molecule is Clc1cccc(/C=C/c2nc(NCc3cccnc3)nc(NC3=NCC(C4CC4)=C3)n2)c1. The fraction of sp³-hybridized carbons (Fsp3) is 0.208. The van der Waals surface area contributed by atoms with Crippen LogP contribution in [0.3, 0.4) is 0 Å². The molecule has 3 aromatic rings. The monoisotopic (exact) mass is 443 g/mol. The van der Waals surface area contributed by atoms with E-state index < -0.39 is 0 Å². The topological polar surface area (TPSA) is 88.0 Å². The summed E-state index contributed by atoms with van der Waals surface area (Å²) < 4.78 is 0. The van der Waals surface area contributed by atoms with Crippen molar-refractivity contribution in [3.63, 3.8) is 0 Å². The molecule has 0 saturated heterocycles. The molecule has 0 unspecified atom stereocenters. The Morgan fingerprint density at radius 2 is 1.94 bits per heavy atom. The summed E-state index contributed by atoms with van der Waals surface area (Å²) in [6.45, 7) is 1.31. The predicted octanol–water partition coefficient (Wildman–Crippen LogP) is 4.86. The fourth-order valence-electron chi connectivity index (χ4n) is 3.40. The summed E-state index contributed by atoms with van der Waals surface area (Å²) in [6.07, 6.45) is 12.0. The number of nitrogens with one attached hydrogen (secondary N) is 2. The number of aromatic nitrogens is 4. The second-order valence-corrected chi connectivity index (χ2v) is 8.20. The molecule has 1 fully saturated rings. The Morgan fingerprint density at radius 1 is 1.03 bits per heavy atom. The van der Waals surface area contributed by atoms with E-state index in [2.05, 4.69) is 41.6 Å². The van der Waals surface area contributed by atoms with Crippen LogP contribution in [0.4, 0.5) is 11.9 Å². The van der Waals surface area contributed by atoms with Crippen LogP contribution in [-0.2, 0) is 6.54 Å². The van der Waals surface area contributed by atoms with Crippen LogP contribution in [0.1, 0.15) is 29.8 Å². The number of anilines is 2. The highest BCUT2D eigenvalue weighted by molar-refractivity contribution is 6.30. The van der Waals surface area contributed by atoms with E-state index >= 15 is 0 Å². The summed E-state index contributed by atoms with van der Waals surface area (Å²) in [6, 6.07) is 11.5. The maximum Gasteiger partial charge on any atom is 0.233 e. The lowest BCUT2D eigenvalue weighted by atomic mass is 10.2. The van der Waals surface area contributed by atoms with Gasteiger partial charge in [-0.05, 0) is 65.8 Å². The standard InChI is InChI=1S/C24H22ClN7/c25-20-5-1-3-16(11-20)6-9-21-29-23(28-14-17-4-2-10-26-13-17)32-24(30-21)31-22-12-19(15-27-22)18-7-8-18/h1-6,9-13,18H,7-8,14-15H2,(H2,27,28,29,30,31,32)/b9-6+. The summed E-state index contributed by atoms with van der Waals surface area (Å²) in [5.41, 5.74) is 3.39. The van der Waals surface area contributed by atoms with Gasteiger partial charge in [0.15, 0.2) is 5.82 Å². The fourth-order valence-corrected chi connectivity index (χ4v) is 3.60. The Kier molecular flexibility index (Phi) is 5.89. The van der Waals surface area contributed by atoms with Crippen molar-refractivity contribution in [3.05, 3.63) is 82.4 Å². The molecule has 7 nitrogen and oxygen atoms in total. The Bertz CT molecular complexity index is 1200. The quantitative estimate of drug-likeness (QED) is 0.542. The maximum absolute atomic E-state index is 6.09. The van der Waals surface area contributed by atoms with Crippen molar-refractivity contribution in [1.82, 2.24) is 19.9 Å². The smallest absolute Gasteiger partial charge is 0.233 e. The molecular formula is C24H22ClN7. The Morgan fingerprint density at radius 3 is 2.75 bits per heavy atom. The van der Waals surface area contributed by atoms with Crippen LogP contribution in [-0.4, -0.2) is 32.3 Å². The summed E-state index contributed by atoms with van der Waals surface area (Å²) in [4.78, 5) is 22.4.